The van der Waals surface area contributed by atoms with Gasteiger partial charge < -0.3 is 15.0 Å². The van der Waals surface area contributed by atoms with Gasteiger partial charge in [0.15, 0.2) is 0 Å². The number of carbonyl (C=O) groups is 2. The van der Waals surface area contributed by atoms with Crippen LogP contribution in [0, 0.1) is 11.8 Å². The highest BCUT2D eigenvalue weighted by molar-refractivity contribution is 5.77. The van der Waals surface area contributed by atoms with E-state index in [0.29, 0.717) is 18.8 Å². The van der Waals surface area contributed by atoms with Gasteiger partial charge in [-0.05, 0) is 33.1 Å². The highest BCUT2D eigenvalue weighted by Gasteiger charge is 2.38. The minimum absolute atomic E-state index is 0.132. The van der Waals surface area contributed by atoms with E-state index in [1.807, 2.05) is 25.7 Å². The Labute approximate surface area is 127 Å². The molecular formula is C16H28N2O3. The van der Waals surface area contributed by atoms with E-state index in [4.69, 9.17) is 4.74 Å². The molecule has 1 unspecified atom stereocenters. The Hall–Kier alpha value is -1.10. The molecule has 0 aromatic heterocycles. The summed E-state index contributed by atoms with van der Waals surface area (Å²) in [4.78, 5) is 26.2. The molecule has 1 N–H and O–H groups in total. The van der Waals surface area contributed by atoms with Crippen LogP contribution in [0.1, 0.15) is 47.0 Å². The maximum Gasteiger partial charge on any atom is 0.306 e. The molecule has 2 heterocycles. The van der Waals surface area contributed by atoms with Crippen LogP contribution in [0.3, 0.4) is 0 Å². The first-order chi connectivity index (χ1) is 9.76. The molecular weight excluding hydrogens is 268 g/mol. The van der Waals surface area contributed by atoms with Crippen molar-refractivity contribution in [3.63, 3.8) is 0 Å². The fourth-order valence-electron chi connectivity index (χ4n) is 3.25. The lowest BCUT2D eigenvalue weighted by molar-refractivity contribution is -0.157. The molecule has 0 saturated carbocycles. The van der Waals surface area contributed by atoms with Gasteiger partial charge in [0.2, 0.25) is 5.91 Å². The van der Waals surface area contributed by atoms with E-state index in [1.54, 1.807) is 0 Å². The molecule has 0 aromatic rings. The van der Waals surface area contributed by atoms with E-state index in [9.17, 15) is 9.59 Å². The summed E-state index contributed by atoms with van der Waals surface area (Å²) in [5.74, 6) is 0.772. The molecule has 2 aliphatic rings. The van der Waals surface area contributed by atoms with E-state index in [0.717, 1.165) is 26.1 Å². The van der Waals surface area contributed by atoms with Gasteiger partial charge in [-0.15, -0.1) is 0 Å². The quantitative estimate of drug-likeness (QED) is 0.803. The van der Waals surface area contributed by atoms with Crippen molar-refractivity contribution in [1.29, 1.82) is 0 Å². The second kappa shape index (κ2) is 6.34. The smallest absolute Gasteiger partial charge is 0.306 e. The molecule has 5 nitrogen and oxygen atoms in total. The molecule has 0 bridgehead atoms. The van der Waals surface area contributed by atoms with Crippen molar-refractivity contribution in [2.24, 2.45) is 11.8 Å². The minimum Gasteiger partial charge on any atom is -0.460 e. The van der Waals surface area contributed by atoms with Gasteiger partial charge in [0.05, 0.1) is 6.42 Å². The van der Waals surface area contributed by atoms with E-state index in [2.05, 4.69) is 12.2 Å². The third kappa shape index (κ3) is 4.43. The normalized spacial score (nSPS) is 30.6. The van der Waals surface area contributed by atoms with Crippen LogP contribution in [0.25, 0.3) is 0 Å². The standard InChI is InChI=1S/C16H28N2O3/c1-11-5-6-14(19)18(10-11)13-9-17-8-12(13)7-15(20)21-16(2,3)4/h11-13,17H,5-10H2,1-4H3/t11?,12-,13-/m0/s1. The lowest BCUT2D eigenvalue weighted by atomic mass is 9.93. The highest BCUT2D eigenvalue weighted by Crippen LogP contribution is 2.26. The van der Waals surface area contributed by atoms with Crippen LogP contribution in [-0.4, -0.2) is 48.1 Å². The number of esters is 1. The summed E-state index contributed by atoms with van der Waals surface area (Å²) in [5, 5.41) is 3.32. The van der Waals surface area contributed by atoms with Gasteiger partial charge in [-0.1, -0.05) is 6.92 Å². The summed E-state index contributed by atoms with van der Waals surface area (Å²) in [5.41, 5.74) is -0.450. The number of nitrogens with one attached hydrogen (secondary N) is 1. The number of ether oxygens (including phenoxy) is 1. The van der Waals surface area contributed by atoms with Crippen molar-refractivity contribution in [3.8, 4) is 0 Å². The lowest BCUT2D eigenvalue weighted by Crippen LogP contribution is -2.49. The number of carbonyl (C=O) groups excluding carboxylic acids is 2. The second-order valence-corrected chi connectivity index (χ2v) is 7.47. The average Bonchev–Trinajstić information content (AvgIpc) is 2.77. The topological polar surface area (TPSA) is 58.6 Å². The maximum atomic E-state index is 12.2. The van der Waals surface area contributed by atoms with Gasteiger partial charge >= 0.3 is 5.97 Å². The van der Waals surface area contributed by atoms with Crippen LogP contribution in [0.2, 0.25) is 0 Å². The zero-order valence-corrected chi connectivity index (χ0v) is 13.6. The van der Waals surface area contributed by atoms with Crippen molar-refractivity contribution >= 4 is 11.9 Å². The lowest BCUT2D eigenvalue weighted by Gasteiger charge is -2.37. The second-order valence-electron chi connectivity index (χ2n) is 7.47. The minimum atomic E-state index is -0.450. The molecule has 0 aromatic carbocycles. The molecule has 2 saturated heterocycles. The number of nitrogens with zero attached hydrogens (tertiary/aromatic N) is 1. The Morgan fingerprint density at radius 1 is 1.38 bits per heavy atom. The van der Waals surface area contributed by atoms with Gasteiger partial charge in [-0.2, -0.15) is 0 Å². The molecule has 2 fully saturated rings. The van der Waals surface area contributed by atoms with Crippen LogP contribution < -0.4 is 5.32 Å². The van der Waals surface area contributed by atoms with Crippen LogP contribution in [0.5, 0.6) is 0 Å². The Balaban J connectivity index is 1.96. The molecule has 21 heavy (non-hydrogen) atoms. The van der Waals surface area contributed by atoms with E-state index in [-0.39, 0.29) is 23.8 Å². The summed E-state index contributed by atoms with van der Waals surface area (Å²) < 4.78 is 5.41. The molecule has 2 aliphatic heterocycles. The first kappa shape index (κ1) is 16.3. The third-order valence-electron chi connectivity index (χ3n) is 4.23. The van der Waals surface area contributed by atoms with Crippen LogP contribution in [0.15, 0.2) is 0 Å². The van der Waals surface area contributed by atoms with Crippen LogP contribution >= 0.6 is 0 Å². The van der Waals surface area contributed by atoms with Crippen molar-refractivity contribution in [2.75, 3.05) is 19.6 Å². The van der Waals surface area contributed by atoms with Gasteiger partial charge in [-0.25, -0.2) is 0 Å². The largest absolute Gasteiger partial charge is 0.460 e. The summed E-state index contributed by atoms with van der Waals surface area (Å²) in [6, 6.07) is 0.132. The van der Waals surface area contributed by atoms with E-state index >= 15 is 0 Å². The Morgan fingerprint density at radius 3 is 2.76 bits per heavy atom. The molecule has 0 aliphatic carbocycles. The predicted octanol–water partition coefficient (Wildman–Crippen LogP) is 1.56. The number of rotatable bonds is 3. The molecule has 120 valence electrons. The number of piperidine rings is 1. The highest BCUT2D eigenvalue weighted by atomic mass is 16.6. The average molecular weight is 296 g/mol. The first-order valence-corrected chi connectivity index (χ1v) is 7.98. The SMILES string of the molecule is CC1CCC(=O)N([C@H]2CNC[C@@H]2CC(=O)OC(C)(C)C)C1. The van der Waals surface area contributed by atoms with E-state index in [1.165, 1.54) is 0 Å². The van der Waals surface area contributed by atoms with Crippen molar-refractivity contribution in [1.82, 2.24) is 10.2 Å². The Kier molecular flexibility index (Phi) is 4.91. The van der Waals surface area contributed by atoms with Crippen molar-refractivity contribution < 1.29 is 14.3 Å². The summed E-state index contributed by atoms with van der Waals surface area (Å²) in [7, 11) is 0. The van der Waals surface area contributed by atoms with Crippen LogP contribution in [-0.2, 0) is 14.3 Å². The van der Waals surface area contributed by atoms with Gasteiger partial charge in [0, 0.05) is 38.0 Å². The van der Waals surface area contributed by atoms with Crippen LogP contribution in [0.4, 0.5) is 0 Å². The van der Waals surface area contributed by atoms with Crippen molar-refractivity contribution in [3.05, 3.63) is 0 Å². The zero-order chi connectivity index (χ0) is 15.6. The number of hydrogen-bond donors (Lipinski definition) is 1. The third-order valence-corrected chi connectivity index (χ3v) is 4.23. The zero-order valence-electron chi connectivity index (χ0n) is 13.6. The molecule has 2 rings (SSSR count). The molecule has 3 atom stereocenters. The maximum absolute atomic E-state index is 12.2. The fraction of sp³-hybridized carbons (Fsp3) is 0.875. The monoisotopic (exact) mass is 296 g/mol. The van der Waals surface area contributed by atoms with Crippen molar-refractivity contribution in [2.45, 2.75) is 58.6 Å². The first-order valence-electron chi connectivity index (χ1n) is 7.98. The fourth-order valence-corrected chi connectivity index (χ4v) is 3.25. The number of amides is 1. The van der Waals surface area contributed by atoms with E-state index < -0.39 is 5.60 Å². The molecule has 1 amide bonds. The van der Waals surface area contributed by atoms with Gasteiger partial charge in [0.25, 0.3) is 0 Å². The van der Waals surface area contributed by atoms with Gasteiger partial charge in [-0.3, -0.25) is 9.59 Å². The van der Waals surface area contributed by atoms with Gasteiger partial charge in [0.1, 0.15) is 5.60 Å². The summed E-state index contributed by atoms with van der Waals surface area (Å²) >= 11 is 0. The summed E-state index contributed by atoms with van der Waals surface area (Å²) in [6.07, 6.45) is 2.00. The number of hydrogen-bond acceptors (Lipinski definition) is 4. The Bertz CT molecular complexity index is 403. The summed E-state index contributed by atoms with van der Waals surface area (Å²) in [6.45, 7) is 10.2. The molecule has 5 heteroatoms. The number of likely N-dealkylation sites (tertiary alicyclic amines) is 1. The predicted molar refractivity (Wildman–Crippen MR) is 80.7 cm³/mol. The Morgan fingerprint density at radius 2 is 2.10 bits per heavy atom. The molecule has 0 radical (unpaired) electrons. The molecule has 0 spiro atoms.